The van der Waals surface area contributed by atoms with Gasteiger partial charge in [-0.25, -0.2) is 9.38 Å². The van der Waals surface area contributed by atoms with Crippen LogP contribution in [0.1, 0.15) is 40.0 Å². The Morgan fingerprint density at radius 1 is 1.02 bits per heavy atom. The summed E-state index contributed by atoms with van der Waals surface area (Å²) in [5, 5.41) is 13.8. The highest BCUT2D eigenvalue weighted by Gasteiger charge is 2.32. The van der Waals surface area contributed by atoms with Gasteiger partial charge in [-0.15, -0.1) is 0 Å². The molecule has 2 N–H and O–H groups in total. The molecule has 0 aromatic heterocycles. The number of carbonyl (C=O) groups excluding carboxylic acids is 1. The van der Waals surface area contributed by atoms with E-state index in [0.29, 0.717) is 36.4 Å². The highest BCUT2D eigenvalue weighted by atomic mass is 19.1. The number of nitrogens with one attached hydrogen (secondary N) is 1. The Labute approximate surface area is 240 Å². The van der Waals surface area contributed by atoms with E-state index in [1.54, 1.807) is 31.2 Å². The van der Waals surface area contributed by atoms with E-state index < -0.39 is 12.1 Å². The van der Waals surface area contributed by atoms with Crippen LogP contribution >= 0.6 is 0 Å². The van der Waals surface area contributed by atoms with Gasteiger partial charge in [-0.05, 0) is 84.1 Å². The van der Waals surface area contributed by atoms with Crippen LogP contribution in [0.25, 0.3) is 11.1 Å². The average Bonchev–Trinajstić information content (AvgIpc) is 3.29. The van der Waals surface area contributed by atoms with Gasteiger partial charge in [0.15, 0.2) is 0 Å². The van der Waals surface area contributed by atoms with E-state index in [-0.39, 0.29) is 11.7 Å². The lowest BCUT2D eigenvalue weighted by Gasteiger charge is -2.20. The molecule has 0 unspecified atom stereocenters. The lowest BCUT2D eigenvalue weighted by molar-refractivity contribution is 0.0858. The molecule has 5 rings (SSSR count). The number of halogens is 1. The smallest absolute Gasteiger partial charge is 0.251 e. The van der Waals surface area contributed by atoms with Gasteiger partial charge in [0.1, 0.15) is 24.0 Å². The molecular formula is C34H34FN3O3. The van der Waals surface area contributed by atoms with Crippen LogP contribution in [-0.2, 0) is 6.42 Å². The van der Waals surface area contributed by atoms with Gasteiger partial charge in [0.2, 0.25) is 0 Å². The zero-order chi connectivity index (χ0) is 28.9. The summed E-state index contributed by atoms with van der Waals surface area (Å²) in [5.41, 5.74) is 5.82. The topological polar surface area (TPSA) is 74.2 Å². The van der Waals surface area contributed by atoms with Gasteiger partial charge in [0.25, 0.3) is 5.91 Å². The van der Waals surface area contributed by atoms with Gasteiger partial charge in [-0.3, -0.25) is 4.79 Å². The van der Waals surface area contributed by atoms with E-state index in [4.69, 9.17) is 9.73 Å². The first-order valence-electron chi connectivity index (χ1n) is 13.7. The Morgan fingerprint density at radius 3 is 2.49 bits per heavy atom. The molecule has 0 saturated heterocycles. The molecule has 0 aliphatic heterocycles. The highest BCUT2D eigenvalue weighted by molar-refractivity contribution is 5.95. The number of ether oxygens (including phenoxy) is 1. The van der Waals surface area contributed by atoms with Crippen molar-refractivity contribution >= 4 is 17.4 Å². The summed E-state index contributed by atoms with van der Waals surface area (Å²) in [6.45, 7) is 4.64. The van der Waals surface area contributed by atoms with Crippen molar-refractivity contribution in [3.05, 3.63) is 119 Å². The van der Waals surface area contributed by atoms with Gasteiger partial charge < -0.3 is 20.1 Å². The van der Waals surface area contributed by atoms with E-state index >= 15 is 0 Å². The largest absolute Gasteiger partial charge is 0.492 e. The molecule has 0 spiro atoms. The normalized spacial score (nSPS) is 16.3. The maximum absolute atomic E-state index is 13.5. The first-order valence-corrected chi connectivity index (χ1v) is 13.7. The van der Waals surface area contributed by atoms with Gasteiger partial charge in [-0.1, -0.05) is 48.5 Å². The molecule has 4 aromatic rings. The summed E-state index contributed by atoms with van der Waals surface area (Å²) in [5.74, 6) is 0.937. The molecule has 0 radical (unpaired) electrons. The zero-order valence-corrected chi connectivity index (χ0v) is 23.5. The Hall–Kier alpha value is -4.49. The molecule has 41 heavy (non-hydrogen) atoms. The molecule has 210 valence electrons. The fourth-order valence-electron chi connectivity index (χ4n) is 4.96. The Kier molecular flexibility index (Phi) is 8.45. The van der Waals surface area contributed by atoms with Crippen LogP contribution in [0.15, 0.2) is 96.0 Å². The zero-order valence-electron chi connectivity index (χ0n) is 23.5. The minimum Gasteiger partial charge on any atom is -0.492 e. The Morgan fingerprint density at radius 2 is 1.76 bits per heavy atom. The van der Waals surface area contributed by atoms with Crippen LogP contribution < -0.4 is 10.1 Å². The second kappa shape index (κ2) is 12.4. The number of hydrogen-bond donors (Lipinski definition) is 2. The second-order valence-electron chi connectivity index (χ2n) is 10.4. The maximum atomic E-state index is 13.5. The van der Waals surface area contributed by atoms with E-state index in [1.807, 2.05) is 79.5 Å². The van der Waals surface area contributed by atoms with Crippen LogP contribution in [0.5, 0.6) is 5.75 Å². The number of aryl methyl sites for hydroxylation is 1. The molecule has 0 saturated carbocycles. The SMILES string of the molecule is CC(=Nc1ccc2c(c1)[C@@H](NC(=O)c1ccc(-c3ccccc3)cc1)[C@H](O)C2)N(C)CCOc1ccc(F)c(C)c1. The number of aliphatic hydroxyl groups is 1. The molecule has 2 atom stereocenters. The lowest BCUT2D eigenvalue weighted by atomic mass is 10.0. The number of rotatable bonds is 8. The monoisotopic (exact) mass is 551 g/mol. The highest BCUT2D eigenvalue weighted by Crippen LogP contribution is 2.35. The maximum Gasteiger partial charge on any atom is 0.251 e. The number of nitrogens with zero attached hydrogens (tertiary/aromatic N) is 2. The molecule has 0 fully saturated rings. The molecule has 6 nitrogen and oxygen atoms in total. The van der Waals surface area contributed by atoms with Crippen LogP contribution in [0.3, 0.4) is 0 Å². The third kappa shape index (κ3) is 6.64. The first-order chi connectivity index (χ1) is 19.8. The number of aliphatic imine (C=N–C) groups is 1. The number of fused-ring (bicyclic) bond motifs is 1. The van der Waals surface area contributed by atoms with Gasteiger partial charge in [0.05, 0.1) is 24.4 Å². The third-order valence-corrected chi connectivity index (χ3v) is 7.49. The van der Waals surface area contributed by atoms with Crippen molar-refractivity contribution in [1.29, 1.82) is 0 Å². The third-order valence-electron chi connectivity index (χ3n) is 7.49. The quantitative estimate of drug-likeness (QED) is 0.201. The van der Waals surface area contributed by atoms with Gasteiger partial charge in [0, 0.05) is 19.0 Å². The van der Waals surface area contributed by atoms with Crippen LogP contribution in [-0.4, -0.2) is 48.1 Å². The lowest BCUT2D eigenvalue weighted by Crippen LogP contribution is -2.33. The number of likely N-dealkylation sites (N-methyl/N-ethyl adjacent to an activating group) is 1. The summed E-state index contributed by atoms with van der Waals surface area (Å²) in [7, 11) is 1.93. The van der Waals surface area contributed by atoms with Crippen LogP contribution in [0, 0.1) is 12.7 Å². The second-order valence-corrected chi connectivity index (χ2v) is 10.4. The van der Waals surface area contributed by atoms with Crippen molar-refractivity contribution in [3.8, 4) is 16.9 Å². The summed E-state index contributed by atoms with van der Waals surface area (Å²) in [6, 6.07) is 27.5. The summed E-state index contributed by atoms with van der Waals surface area (Å²) in [6.07, 6.45) is -0.246. The van der Waals surface area contributed by atoms with E-state index in [1.165, 1.54) is 6.07 Å². The molecule has 1 amide bonds. The minimum atomic E-state index is -0.715. The van der Waals surface area contributed by atoms with E-state index in [0.717, 1.165) is 33.8 Å². The molecule has 4 aromatic carbocycles. The fourth-order valence-corrected chi connectivity index (χ4v) is 4.96. The van der Waals surface area contributed by atoms with Crippen molar-refractivity contribution in [3.63, 3.8) is 0 Å². The number of hydrogen-bond acceptors (Lipinski definition) is 4. The average molecular weight is 552 g/mol. The van der Waals surface area contributed by atoms with Crippen LogP contribution in [0.4, 0.5) is 10.1 Å². The van der Waals surface area contributed by atoms with E-state index in [2.05, 4.69) is 5.32 Å². The first kappa shape index (κ1) is 28.1. The number of carbonyl (C=O) groups is 1. The van der Waals surface area contributed by atoms with E-state index in [9.17, 15) is 14.3 Å². The van der Waals surface area contributed by atoms with Gasteiger partial charge >= 0.3 is 0 Å². The predicted molar refractivity (Wildman–Crippen MR) is 160 cm³/mol. The summed E-state index contributed by atoms with van der Waals surface area (Å²) in [4.78, 5) is 19.9. The van der Waals surface area contributed by atoms with Gasteiger partial charge in [-0.2, -0.15) is 0 Å². The predicted octanol–water partition coefficient (Wildman–Crippen LogP) is 6.25. The van der Waals surface area contributed by atoms with Crippen molar-refractivity contribution in [2.75, 3.05) is 20.2 Å². The summed E-state index contributed by atoms with van der Waals surface area (Å²) < 4.78 is 19.3. The van der Waals surface area contributed by atoms with Crippen molar-refractivity contribution in [2.24, 2.45) is 4.99 Å². The Bertz CT molecular complexity index is 1550. The van der Waals surface area contributed by atoms with Crippen molar-refractivity contribution in [1.82, 2.24) is 10.2 Å². The number of amides is 1. The molecular weight excluding hydrogens is 517 g/mol. The standard InChI is InChI=1S/C34H34FN3O3/c1-22-19-29(15-16-31(22)35)41-18-17-38(3)23(2)36-28-14-13-27-20-32(39)33(30(27)21-28)37-34(40)26-11-9-25(10-12-26)24-7-5-4-6-8-24/h4-16,19,21,32-33,39H,17-18,20H2,1-3H3,(H,37,40)/t32-,33-/m1/s1. The minimum absolute atomic E-state index is 0.234. The number of benzene rings is 4. The van der Waals surface area contributed by atoms with Crippen LogP contribution in [0.2, 0.25) is 0 Å². The van der Waals surface area contributed by atoms with Crippen molar-refractivity contribution in [2.45, 2.75) is 32.4 Å². The van der Waals surface area contributed by atoms with Crippen molar-refractivity contribution < 1.29 is 19.0 Å². The molecule has 1 aliphatic rings. The molecule has 1 aliphatic carbocycles. The summed E-state index contributed by atoms with van der Waals surface area (Å²) >= 11 is 0. The number of amidine groups is 1. The molecule has 0 bridgehead atoms. The molecule has 7 heteroatoms. The molecule has 0 heterocycles. The Balaban J connectivity index is 1.23. The fraction of sp³-hybridized carbons (Fsp3) is 0.235. The number of aliphatic hydroxyl groups excluding tert-OH is 1.